The summed E-state index contributed by atoms with van der Waals surface area (Å²) in [5.74, 6) is 0.836. The first-order valence-corrected chi connectivity index (χ1v) is 8.70. The quantitative estimate of drug-likeness (QED) is 0.699. The van der Waals surface area contributed by atoms with Gasteiger partial charge in [-0.1, -0.05) is 12.1 Å². The Morgan fingerprint density at radius 1 is 1.17 bits per heavy atom. The van der Waals surface area contributed by atoms with Crippen molar-refractivity contribution >= 4 is 40.1 Å². The van der Waals surface area contributed by atoms with E-state index in [4.69, 9.17) is 0 Å². The fourth-order valence-corrected chi connectivity index (χ4v) is 3.16. The Labute approximate surface area is 149 Å². The Bertz CT molecular complexity index is 659. The molecule has 0 bridgehead atoms. The maximum atomic E-state index is 12.2. The van der Waals surface area contributed by atoms with Crippen LogP contribution in [0.25, 0.3) is 0 Å². The molecule has 23 heavy (non-hydrogen) atoms. The Hall–Kier alpha value is -1.74. The van der Waals surface area contributed by atoms with Gasteiger partial charge < -0.3 is 15.1 Å². The van der Waals surface area contributed by atoms with Crippen LogP contribution in [0.15, 0.2) is 42.7 Å². The van der Waals surface area contributed by atoms with Crippen molar-refractivity contribution in [1.82, 2.24) is 9.97 Å². The number of carbonyl (C=O) groups excluding carboxylic acids is 1. The van der Waals surface area contributed by atoms with E-state index in [1.807, 2.05) is 30.3 Å². The molecule has 0 saturated carbocycles. The summed E-state index contributed by atoms with van der Waals surface area (Å²) >= 11 is 2.23. The van der Waals surface area contributed by atoms with E-state index in [-0.39, 0.29) is 5.91 Å². The summed E-state index contributed by atoms with van der Waals surface area (Å²) in [5, 5.41) is 2.99. The molecule has 6 nitrogen and oxygen atoms in total. The minimum atomic E-state index is 0.0635. The van der Waals surface area contributed by atoms with E-state index in [1.54, 1.807) is 12.4 Å². The van der Waals surface area contributed by atoms with Crippen LogP contribution < -0.4 is 15.1 Å². The van der Waals surface area contributed by atoms with Crippen LogP contribution in [0.5, 0.6) is 0 Å². The number of halogens is 1. The summed E-state index contributed by atoms with van der Waals surface area (Å²) in [6, 6.07) is 9.64. The lowest BCUT2D eigenvalue weighted by atomic mass is 10.3. The van der Waals surface area contributed by atoms with Gasteiger partial charge in [-0.25, -0.2) is 9.97 Å². The van der Waals surface area contributed by atoms with Crippen molar-refractivity contribution in [3.63, 3.8) is 0 Å². The van der Waals surface area contributed by atoms with E-state index in [2.05, 4.69) is 42.8 Å². The highest BCUT2D eigenvalue weighted by atomic mass is 127. The summed E-state index contributed by atoms with van der Waals surface area (Å²) in [4.78, 5) is 24.2. The van der Waals surface area contributed by atoms with Gasteiger partial charge in [-0.3, -0.25) is 4.79 Å². The lowest BCUT2D eigenvalue weighted by Crippen LogP contribution is -3.15. The van der Waals surface area contributed by atoms with E-state index in [1.165, 1.54) is 4.90 Å². The smallest absolute Gasteiger partial charge is 0.279 e. The molecule has 120 valence electrons. The van der Waals surface area contributed by atoms with Crippen LogP contribution in [0.4, 0.5) is 11.6 Å². The number of amides is 1. The molecular weight excluding hydrogens is 405 g/mol. The molecule has 1 aromatic carbocycles. The molecule has 2 aromatic rings. The number of rotatable bonds is 4. The lowest BCUT2D eigenvalue weighted by Gasteiger charge is -2.31. The molecule has 3 rings (SSSR count). The van der Waals surface area contributed by atoms with Gasteiger partial charge in [0.05, 0.1) is 31.9 Å². The first-order valence-electron chi connectivity index (χ1n) is 7.62. The minimum Gasteiger partial charge on any atom is -0.330 e. The SMILES string of the molecule is O=C(C[NH+]1CCN(c2ncccn2)CC1)Nc1ccccc1I. The molecule has 0 unspecified atom stereocenters. The monoisotopic (exact) mass is 424 g/mol. The molecule has 0 aliphatic carbocycles. The Balaban J connectivity index is 1.49. The molecule has 1 fully saturated rings. The first kappa shape index (κ1) is 16.1. The van der Waals surface area contributed by atoms with Gasteiger partial charge in [-0.15, -0.1) is 0 Å². The standard InChI is InChI=1S/C16H18IN5O/c17-13-4-1-2-5-14(13)20-15(23)12-21-8-10-22(11-9-21)16-18-6-3-7-19-16/h1-7H,8-12H2,(H,20,23)/p+1. The zero-order valence-corrected chi connectivity index (χ0v) is 14.9. The number of anilines is 2. The highest BCUT2D eigenvalue weighted by Crippen LogP contribution is 2.16. The van der Waals surface area contributed by atoms with Crippen LogP contribution in [0.3, 0.4) is 0 Å². The number of benzene rings is 1. The van der Waals surface area contributed by atoms with Crippen molar-refractivity contribution in [3.8, 4) is 0 Å². The Kier molecular flexibility index (Phi) is 5.39. The second-order valence-corrected chi connectivity index (χ2v) is 6.65. The van der Waals surface area contributed by atoms with E-state index in [9.17, 15) is 4.79 Å². The fourth-order valence-electron chi connectivity index (χ4n) is 2.64. The van der Waals surface area contributed by atoms with Crippen LogP contribution in [0.2, 0.25) is 0 Å². The summed E-state index contributed by atoms with van der Waals surface area (Å²) in [7, 11) is 0. The van der Waals surface area contributed by atoms with Gasteiger partial charge in [0, 0.05) is 16.0 Å². The predicted octanol–water partition coefficient (Wildman–Crippen LogP) is 0.425. The van der Waals surface area contributed by atoms with Crippen molar-refractivity contribution in [1.29, 1.82) is 0 Å². The Morgan fingerprint density at radius 2 is 1.87 bits per heavy atom. The summed E-state index contributed by atoms with van der Waals surface area (Å²) in [6.45, 7) is 4.06. The fraction of sp³-hybridized carbons (Fsp3) is 0.312. The molecule has 1 saturated heterocycles. The average Bonchev–Trinajstić information content (AvgIpc) is 2.58. The third-order valence-corrected chi connectivity index (χ3v) is 4.80. The molecule has 1 amide bonds. The average molecular weight is 424 g/mol. The van der Waals surface area contributed by atoms with Gasteiger partial charge in [0.2, 0.25) is 5.95 Å². The van der Waals surface area contributed by atoms with E-state index in [0.717, 1.165) is 41.4 Å². The number of aromatic nitrogens is 2. The van der Waals surface area contributed by atoms with E-state index < -0.39 is 0 Å². The van der Waals surface area contributed by atoms with Gasteiger partial charge in [0.1, 0.15) is 0 Å². The number of hydrogen-bond acceptors (Lipinski definition) is 4. The largest absolute Gasteiger partial charge is 0.330 e. The van der Waals surface area contributed by atoms with E-state index >= 15 is 0 Å². The number of nitrogens with zero attached hydrogens (tertiary/aromatic N) is 3. The van der Waals surface area contributed by atoms with Crippen LogP contribution in [0, 0.1) is 3.57 Å². The Morgan fingerprint density at radius 3 is 2.57 bits per heavy atom. The van der Waals surface area contributed by atoms with Crippen molar-refractivity contribution in [2.75, 3.05) is 42.9 Å². The first-order chi connectivity index (χ1) is 11.2. The van der Waals surface area contributed by atoms with Gasteiger partial charge in [-0.05, 0) is 40.8 Å². The number of nitrogens with one attached hydrogen (secondary N) is 2. The second kappa shape index (κ2) is 7.69. The molecule has 2 N–H and O–H groups in total. The zero-order chi connectivity index (χ0) is 16.1. The van der Waals surface area contributed by atoms with E-state index in [0.29, 0.717) is 6.54 Å². The van der Waals surface area contributed by atoms with Gasteiger partial charge >= 0.3 is 0 Å². The molecule has 0 atom stereocenters. The van der Waals surface area contributed by atoms with Crippen molar-refractivity contribution in [3.05, 3.63) is 46.3 Å². The van der Waals surface area contributed by atoms with Crippen LogP contribution in [0.1, 0.15) is 0 Å². The molecular formula is C16H19IN5O+. The van der Waals surface area contributed by atoms with Crippen LogP contribution in [-0.2, 0) is 4.79 Å². The normalized spacial score (nSPS) is 15.4. The highest BCUT2D eigenvalue weighted by Gasteiger charge is 2.23. The maximum Gasteiger partial charge on any atom is 0.279 e. The molecule has 1 aliphatic heterocycles. The van der Waals surface area contributed by atoms with Gasteiger partial charge in [-0.2, -0.15) is 0 Å². The van der Waals surface area contributed by atoms with Crippen molar-refractivity contribution in [2.45, 2.75) is 0 Å². The minimum absolute atomic E-state index is 0.0635. The molecule has 1 aromatic heterocycles. The van der Waals surface area contributed by atoms with Crippen LogP contribution in [-0.4, -0.2) is 48.6 Å². The molecule has 2 heterocycles. The highest BCUT2D eigenvalue weighted by molar-refractivity contribution is 14.1. The number of piperazine rings is 1. The van der Waals surface area contributed by atoms with Crippen molar-refractivity contribution < 1.29 is 9.69 Å². The third-order valence-electron chi connectivity index (χ3n) is 3.86. The number of hydrogen-bond donors (Lipinski definition) is 2. The second-order valence-electron chi connectivity index (χ2n) is 5.49. The van der Waals surface area contributed by atoms with Crippen molar-refractivity contribution in [2.24, 2.45) is 0 Å². The van der Waals surface area contributed by atoms with Gasteiger partial charge in [0.15, 0.2) is 6.54 Å². The number of quaternary nitrogens is 1. The molecule has 1 aliphatic rings. The third kappa shape index (κ3) is 4.38. The number of para-hydroxylation sites is 1. The van der Waals surface area contributed by atoms with Gasteiger partial charge in [0.25, 0.3) is 5.91 Å². The lowest BCUT2D eigenvalue weighted by molar-refractivity contribution is -0.892. The molecule has 0 spiro atoms. The summed E-state index contributed by atoms with van der Waals surface area (Å²) in [5.41, 5.74) is 0.883. The topological polar surface area (TPSA) is 62.6 Å². The maximum absolute atomic E-state index is 12.2. The summed E-state index contributed by atoms with van der Waals surface area (Å²) < 4.78 is 1.06. The molecule has 0 radical (unpaired) electrons. The summed E-state index contributed by atoms with van der Waals surface area (Å²) in [6.07, 6.45) is 3.52. The molecule has 7 heteroatoms. The predicted molar refractivity (Wildman–Crippen MR) is 97.6 cm³/mol. The van der Waals surface area contributed by atoms with Crippen LogP contribution >= 0.6 is 22.6 Å². The number of carbonyl (C=O) groups is 1. The zero-order valence-electron chi connectivity index (χ0n) is 12.7.